The molecule has 12 heteroatoms. The van der Waals surface area contributed by atoms with Crippen molar-refractivity contribution >= 4 is 23.4 Å². The highest BCUT2D eigenvalue weighted by Gasteiger charge is 2.45. The number of nitrogens with one attached hydrogen (secondary N) is 2. The molecule has 1 aromatic carbocycles. The first kappa shape index (κ1) is 37.9. The summed E-state index contributed by atoms with van der Waals surface area (Å²) in [6.45, 7) is 15.9. The molecule has 1 saturated carbocycles. The average molecular weight is 676 g/mol. The van der Waals surface area contributed by atoms with Crippen LogP contribution in [0, 0.1) is 12.3 Å². The van der Waals surface area contributed by atoms with Crippen LogP contribution >= 0.6 is 0 Å². The summed E-state index contributed by atoms with van der Waals surface area (Å²) < 4.78 is 46.4. The number of rotatable bonds is 13. The molecule has 0 bridgehead atoms. The molecule has 2 saturated heterocycles. The number of aryl methyl sites for hydroxylation is 2. The first-order valence-corrected chi connectivity index (χ1v) is 17.8. The number of carbonyl (C=O) groups excluding carboxylic acids is 1. The van der Waals surface area contributed by atoms with E-state index in [1.54, 1.807) is 4.90 Å². The van der Waals surface area contributed by atoms with Gasteiger partial charge in [0.2, 0.25) is 11.9 Å². The summed E-state index contributed by atoms with van der Waals surface area (Å²) >= 11 is 0. The smallest absolute Gasteiger partial charge is 0.379 e. The van der Waals surface area contributed by atoms with E-state index in [-0.39, 0.29) is 23.1 Å². The molecular weight excluding hydrogens is 619 g/mol. The number of hydrogen-bond acceptors (Lipinski definition) is 8. The van der Waals surface area contributed by atoms with E-state index in [1.165, 1.54) is 51.9 Å². The van der Waals surface area contributed by atoms with Gasteiger partial charge < -0.3 is 30.1 Å². The lowest BCUT2D eigenvalue weighted by molar-refractivity contribution is -0.137. The Morgan fingerprint density at radius 3 is 2.40 bits per heavy atom. The van der Waals surface area contributed by atoms with Crippen LogP contribution in [0.2, 0.25) is 0 Å². The second-order valence-corrected chi connectivity index (χ2v) is 13.7. The van der Waals surface area contributed by atoms with Crippen molar-refractivity contribution in [1.29, 1.82) is 0 Å². The zero-order chi connectivity index (χ0) is 34.7. The molecule has 3 fully saturated rings. The van der Waals surface area contributed by atoms with Gasteiger partial charge in [0.1, 0.15) is 11.4 Å². The van der Waals surface area contributed by atoms with E-state index in [1.807, 2.05) is 32.0 Å². The maximum absolute atomic E-state index is 13.7. The Kier molecular flexibility index (Phi) is 13.9. The van der Waals surface area contributed by atoms with E-state index in [2.05, 4.69) is 51.3 Å². The fourth-order valence-electron chi connectivity index (χ4n) is 6.58. The van der Waals surface area contributed by atoms with Crippen molar-refractivity contribution in [3.63, 3.8) is 0 Å². The number of nitrogens with zero attached hydrogens (tertiary/aromatic N) is 5. The molecule has 0 atom stereocenters. The lowest BCUT2D eigenvalue weighted by Crippen LogP contribution is -2.44. The SMILES string of the molecule is CCCN(CCC)C1CCN(C)CC1.CCc1cc(C)ccc1Nc1ncc(C(F)(F)F)c(NCC2(CN3CCOCCC3=O)CC2)n1. The number of hydrogen-bond donors (Lipinski definition) is 2. The number of anilines is 3. The average Bonchev–Trinajstić information content (AvgIpc) is 3.86. The molecule has 0 radical (unpaired) electrons. The fraction of sp³-hybridized carbons (Fsp3) is 0.694. The summed E-state index contributed by atoms with van der Waals surface area (Å²) in [5.41, 5.74) is 1.73. The molecule has 2 N–H and O–H groups in total. The summed E-state index contributed by atoms with van der Waals surface area (Å²) in [5.74, 6) is -0.135. The summed E-state index contributed by atoms with van der Waals surface area (Å²) in [7, 11) is 2.24. The third kappa shape index (κ3) is 11.0. The molecule has 48 heavy (non-hydrogen) atoms. The molecule has 5 rings (SSSR count). The van der Waals surface area contributed by atoms with Gasteiger partial charge in [-0.2, -0.15) is 18.2 Å². The number of benzene rings is 1. The van der Waals surface area contributed by atoms with Crippen molar-refractivity contribution in [2.24, 2.45) is 5.41 Å². The molecule has 1 amide bonds. The molecule has 2 aliphatic heterocycles. The second kappa shape index (κ2) is 17.6. The zero-order valence-corrected chi connectivity index (χ0v) is 29.6. The number of amides is 1. The van der Waals surface area contributed by atoms with Crippen molar-refractivity contribution in [2.45, 2.75) is 91.3 Å². The Hall–Kier alpha value is -2.96. The van der Waals surface area contributed by atoms with Crippen molar-refractivity contribution in [1.82, 2.24) is 24.7 Å². The van der Waals surface area contributed by atoms with Crippen LogP contribution in [0.1, 0.15) is 82.4 Å². The van der Waals surface area contributed by atoms with Gasteiger partial charge in [-0.25, -0.2) is 4.98 Å². The number of carbonyl (C=O) groups is 1. The minimum atomic E-state index is -4.59. The van der Waals surface area contributed by atoms with Crippen molar-refractivity contribution < 1.29 is 22.7 Å². The van der Waals surface area contributed by atoms with Gasteiger partial charge >= 0.3 is 6.18 Å². The van der Waals surface area contributed by atoms with Gasteiger partial charge in [0.05, 0.1) is 19.6 Å². The quantitative estimate of drug-likeness (QED) is 0.241. The van der Waals surface area contributed by atoms with Gasteiger partial charge in [0, 0.05) is 43.0 Å². The van der Waals surface area contributed by atoms with Crippen LogP contribution in [0.25, 0.3) is 0 Å². The highest BCUT2D eigenvalue weighted by atomic mass is 19.4. The normalized spacial score (nSPS) is 18.7. The van der Waals surface area contributed by atoms with Crippen molar-refractivity contribution in [3.8, 4) is 0 Å². The van der Waals surface area contributed by atoms with Crippen LogP contribution in [-0.4, -0.2) is 103 Å². The number of alkyl halides is 3. The molecular formula is C36H56F3N7O2. The third-order valence-electron chi connectivity index (χ3n) is 9.64. The zero-order valence-electron chi connectivity index (χ0n) is 29.6. The van der Waals surface area contributed by atoms with E-state index in [9.17, 15) is 18.0 Å². The first-order chi connectivity index (χ1) is 23.0. The highest BCUT2D eigenvalue weighted by molar-refractivity contribution is 5.76. The van der Waals surface area contributed by atoms with Gasteiger partial charge in [-0.3, -0.25) is 4.79 Å². The number of aromatic nitrogens is 2. The third-order valence-corrected chi connectivity index (χ3v) is 9.64. The summed E-state index contributed by atoms with van der Waals surface area (Å²) in [6.07, 6.45) is 4.34. The Balaban J connectivity index is 0.000000312. The Bertz CT molecular complexity index is 1310. The molecule has 0 unspecified atom stereocenters. The number of likely N-dealkylation sites (tertiary alicyclic amines) is 1. The standard InChI is InChI=1S/C24H30F3N5O2.C12H26N2/c1-3-17-12-16(2)4-5-19(17)30-22-28-13-18(24(25,26)27)21(31-22)29-14-23(7-8-23)15-32-9-11-34-10-6-20(32)33;1-4-8-14(9-5-2)12-6-10-13(3)11-7-12/h4-5,12-13H,3,6-11,14-15H2,1-2H3,(H2,28,29,30,31);12H,4-11H2,1-3H3. The van der Waals surface area contributed by atoms with Crippen LogP contribution < -0.4 is 10.6 Å². The van der Waals surface area contributed by atoms with Crippen molar-refractivity contribution in [2.75, 3.05) is 76.7 Å². The minimum absolute atomic E-state index is 0.0260. The predicted molar refractivity (Wildman–Crippen MR) is 186 cm³/mol. The van der Waals surface area contributed by atoms with E-state index < -0.39 is 11.7 Å². The second-order valence-electron chi connectivity index (χ2n) is 13.7. The maximum Gasteiger partial charge on any atom is 0.421 e. The minimum Gasteiger partial charge on any atom is -0.379 e. The fourth-order valence-corrected chi connectivity index (χ4v) is 6.58. The molecule has 268 valence electrons. The molecule has 3 aliphatic rings. The van der Waals surface area contributed by atoms with Crippen LogP contribution in [0.15, 0.2) is 24.4 Å². The van der Waals surface area contributed by atoms with Crippen LogP contribution in [0.4, 0.5) is 30.6 Å². The Morgan fingerprint density at radius 2 is 1.77 bits per heavy atom. The highest BCUT2D eigenvalue weighted by Crippen LogP contribution is 2.47. The monoisotopic (exact) mass is 675 g/mol. The molecule has 9 nitrogen and oxygen atoms in total. The van der Waals surface area contributed by atoms with E-state index >= 15 is 0 Å². The maximum atomic E-state index is 13.7. The Labute approximate surface area is 285 Å². The van der Waals surface area contributed by atoms with Crippen molar-refractivity contribution in [3.05, 3.63) is 41.1 Å². The molecule has 0 spiro atoms. The van der Waals surface area contributed by atoms with E-state index in [0.717, 1.165) is 48.3 Å². The van der Waals surface area contributed by atoms with Gasteiger partial charge in [-0.1, -0.05) is 38.5 Å². The number of halogens is 3. The summed E-state index contributed by atoms with van der Waals surface area (Å²) in [6, 6.07) is 6.70. The summed E-state index contributed by atoms with van der Waals surface area (Å²) in [4.78, 5) is 27.3. The lowest BCUT2D eigenvalue weighted by atomic mass is 10.0. The first-order valence-electron chi connectivity index (χ1n) is 17.8. The topological polar surface area (TPSA) is 85.9 Å². The van der Waals surface area contributed by atoms with Gasteiger partial charge in [0.15, 0.2) is 0 Å². The van der Waals surface area contributed by atoms with Crippen LogP contribution in [0.5, 0.6) is 0 Å². The lowest BCUT2D eigenvalue weighted by Gasteiger charge is -2.37. The molecule has 1 aromatic heterocycles. The van der Waals surface area contributed by atoms with Crippen LogP contribution in [0.3, 0.4) is 0 Å². The summed E-state index contributed by atoms with van der Waals surface area (Å²) in [5, 5.41) is 5.99. The largest absolute Gasteiger partial charge is 0.421 e. The van der Waals surface area contributed by atoms with Gasteiger partial charge in [-0.15, -0.1) is 0 Å². The Morgan fingerprint density at radius 1 is 1.06 bits per heavy atom. The van der Waals surface area contributed by atoms with Gasteiger partial charge in [0.25, 0.3) is 0 Å². The van der Waals surface area contributed by atoms with E-state index in [0.29, 0.717) is 39.3 Å². The van der Waals surface area contributed by atoms with E-state index in [4.69, 9.17) is 4.74 Å². The predicted octanol–water partition coefficient (Wildman–Crippen LogP) is 6.75. The molecule has 3 heterocycles. The molecule has 1 aliphatic carbocycles. The number of ether oxygens (including phenoxy) is 1. The van der Waals surface area contributed by atoms with Crippen LogP contribution in [-0.2, 0) is 22.1 Å². The van der Waals surface area contributed by atoms with Gasteiger partial charge in [-0.05, 0) is 96.7 Å². The number of piperidine rings is 1. The molecule has 2 aromatic rings.